The summed E-state index contributed by atoms with van der Waals surface area (Å²) in [6, 6.07) is 0.425. The summed E-state index contributed by atoms with van der Waals surface area (Å²) in [5.74, 6) is -0.422. The van der Waals surface area contributed by atoms with E-state index in [0.29, 0.717) is 23.1 Å². The Morgan fingerprint density at radius 3 is 2.65 bits per heavy atom. The molecule has 0 bridgehead atoms. The van der Waals surface area contributed by atoms with Crippen LogP contribution in [0.15, 0.2) is 0 Å². The first-order valence-electron chi connectivity index (χ1n) is 6.98. The first-order chi connectivity index (χ1) is 9.45. The third kappa shape index (κ3) is 2.60. The number of nitrogens with zero attached hydrogens (tertiary/aromatic N) is 4. The van der Waals surface area contributed by atoms with Gasteiger partial charge in [0.15, 0.2) is 5.82 Å². The van der Waals surface area contributed by atoms with Gasteiger partial charge in [0.2, 0.25) is 0 Å². The number of piperazine rings is 1. The molecule has 6 heteroatoms. The molecule has 1 fully saturated rings. The molecule has 0 aliphatic carbocycles. The van der Waals surface area contributed by atoms with Gasteiger partial charge in [-0.1, -0.05) is 6.92 Å². The van der Waals surface area contributed by atoms with Crippen molar-refractivity contribution in [1.82, 2.24) is 15.1 Å². The number of carboxylic acids is 1. The van der Waals surface area contributed by atoms with Crippen molar-refractivity contribution in [3.05, 3.63) is 16.8 Å². The molecule has 0 aromatic carbocycles. The molecule has 0 radical (unpaired) electrons. The Hall–Kier alpha value is -1.69. The number of likely N-dealkylation sites (N-methyl/N-ethyl adjacent to an activating group) is 1. The summed E-state index contributed by atoms with van der Waals surface area (Å²) >= 11 is 0. The molecule has 1 N–H and O–H groups in total. The molecular weight excluding hydrogens is 256 g/mol. The first-order valence-corrected chi connectivity index (χ1v) is 6.98. The van der Waals surface area contributed by atoms with Crippen molar-refractivity contribution in [3.8, 4) is 0 Å². The zero-order chi connectivity index (χ0) is 14.9. The minimum absolute atomic E-state index is 0.289. The highest BCUT2D eigenvalue weighted by molar-refractivity contribution is 5.95. The van der Waals surface area contributed by atoms with Gasteiger partial charge < -0.3 is 10.0 Å². The molecule has 1 atom stereocenters. The fraction of sp³-hybridized carbons (Fsp3) is 0.643. The molecule has 1 unspecified atom stereocenters. The van der Waals surface area contributed by atoms with Crippen molar-refractivity contribution < 1.29 is 9.90 Å². The van der Waals surface area contributed by atoms with Crippen LogP contribution in [-0.2, 0) is 0 Å². The summed E-state index contributed by atoms with van der Waals surface area (Å²) in [5.41, 5.74) is 1.67. The number of rotatable bonds is 3. The molecular formula is C14H22N4O2. The van der Waals surface area contributed by atoms with Gasteiger partial charge in [-0.25, -0.2) is 4.79 Å². The Labute approximate surface area is 119 Å². The van der Waals surface area contributed by atoms with Gasteiger partial charge in [0, 0.05) is 25.7 Å². The molecule has 110 valence electrons. The highest BCUT2D eigenvalue weighted by atomic mass is 16.4. The van der Waals surface area contributed by atoms with Crippen LogP contribution in [0, 0.1) is 13.8 Å². The maximum Gasteiger partial charge on any atom is 0.339 e. The Morgan fingerprint density at radius 2 is 2.05 bits per heavy atom. The predicted octanol–water partition coefficient (Wildman–Crippen LogP) is 1.32. The molecule has 0 saturated carbocycles. The van der Waals surface area contributed by atoms with Crippen LogP contribution < -0.4 is 4.90 Å². The van der Waals surface area contributed by atoms with Crippen LogP contribution in [-0.4, -0.2) is 58.9 Å². The van der Waals surface area contributed by atoms with Gasteiger partial charge in [0.25, 0.3) is 0 Å². The van der Waals surface area contributed by atoms with Gasteiger partial charge in [-0.15, -0.1) is 5.10 Å². The zero-order valence-corrected chi connectivity index (χ0v) is 12.6. The minimum Gasteiger partial charge on any atom is -0.478 e. The van der Waals surface area contributed by atoms with Crippen molar-refractivity contribution in [3.63, 3.8) is 0 Å². The molecule has 2 heterocycles. The lowest BCUT2D eigenvalue weighted by atomic mass is 10.1. The average Bonchev–Trinajstić information content (AvgIpc) is 2.42. The van der Waals surface area contributed by atoms with E-state index in [1.54, 1.807) is 13.8 Å². The molecule has 1 aromatic rings. The van der Waals surface area contributed by atoms with E-state index in [1.165, 1.54) is 0 Å². The summed E-state index contributed by atoms with van der Waals surface area (Å²) < 4.78 is 0. The summed E-state index contributed by atoms with van der Waals surface area (Å²) in [7, 11) is 2.11. The smallest absolute Gasteiger partial charge is 0.339 e. The SMILES string of the molecule is CCC1CN(c2nnc(C)c(C)c2C(=O)O)CCN1C. The number of aryl methyl sites for hydroxylation is 1. The maximum absolute atomic E-state index is 11.5. The third-order valence-corrected chi connectivity index (χ3v) is 4.20. The lowest BCUT2D eigenvalue weighted by molar-refractivity contribution is 0.0695. The second kappa shape index (κ2) is 5.75. The zero-order valence-electron chi connectivity index (χ0n) is 12.6. The number of carbonyl (C=O) groups is 1. The van der Waals surface area contributed by atoms with Gasteiger partial charge in [-0.05, 0) is 32.9 Å². The van der Waals surface area contributed by atoms with E-state index in [1.807, 2.05) is 0 Å². The quantitative estimate of drug-likeness (QED) is 0.899. The van der Waals surface area contributed by atoms with Crippen LogP contribution in [0.4, 0.5) is 5.82 Å². The van der Waals surface area contributed by atoms with Gasteiger partial charge in [-0.3, -0.25) is 4.90 Å². The molecule has 1 aliphatic rings. The highest BCUT2D eigenvalue weighted by Gasteiger charge is 2.28. The van der Waals surface area contributed by atoms with E-state index in [9.17, 15) is 9.90 Å². The van der Waals surface area contributed by atoms with Gasteiger partial charge in [0.1, 0.15) is 5.56 Å². The molecule has 20 heavy (non-hydrogen) atoms. The van der Waals surface area contributed by atoms with Gasteiger partial charge in [0.05, 0.1) is 5.69 Å². The molecule has 1 saturated heterocycles. The maximum atomic E-state index is 11.5. The van der Waals surface area contributed by atoms with E-state index < -0.39 is 5.97 Å². The molecule has 0 spiro atoms. The second-order valence-electron chi connectivity index (χ2n) is 5.40. The summed E-state index contributed by atoms with van der Waals surface area (Å²) in [6.45, 7) is 8.22. The Morgan fingerprint density at radius 1 is 1.35 bits per heavy atom. The van der Waals surface area contributed by atoms with Crippen molar-refractivity contribution in [2.24, 2.45) is 0 Å². The van der Waals surface area contributed by atoms with Gasteiger partial charge in [-0.2, -0.15) is 5.10 Å². The van der Waals surface area contributed by atoms with E-state index >= 15 is 0 Å². The van der Waals surface area contributed by atoms with E-state index in [0.717, 1.165) is 26.1 Å². The van der Waals surface area contributed by atoms with Gasteiger partial charge >= 0.3 is 5.97 Å². The standard InChI is InChI=1S/C14H22N4O2/c1-5-11-8-18(7-6-17(11)4)13-12(14(19)20)9(2)10(3)15-16-13/h11H,5-8H2,1-4H3,(H,19,20). The van der Waals surface area contributed by atoms with E-state index in [2.05, 4.69) is 34.0 Å². The molecule has 1 aliphatic heterocycles. The average molecular weight is 278 g/mol. The van der Waals surface area contributed by atoms with Crippen molar-refractivity contribution in [1.29, 1.82) is 0 Å². The third-order valence-electron chi connectivity index (χ3n) is 4.20. The van der Waals surface area contributed by atoms with Crippen LogP contribution >= 0.6 is 0 Å². The molecule has 0 amide bonds. The lowest BCUT2D eigenvalue weighted by Gasteiger charge is -2.40. The highest BCUT2D eigenvalue weighted by Crippen LogP contribution is 2.24. The number of hydrogen-bond donors (Lipinski definition) is 1. The molecule has 6 nitrogen and oxygen atoms in total. The molecule has 2 rings (SSSR count). The Balaban J connectivity index is 2.38. The van der Waals surface area contributed by atoms with Crippen molar-refractivity contribution in [2.75, 3.05) is 31.6 Å². The minimum atomic E-state index is -0.928. The summed E-state index contributed by atoms with van der Waals surface area (Å²) in [6.07, 6.45) is 1.04. The lowest BCUT2D eigenvalue weighted by Crippen LogP contribution is -2.51. The number of anilines is 1. The van der Waals surface area contributed by atoms with E-state index in [4.69, 9.17) is 0 Å². The summed E-state index contributed by atoms with van der Waals surface area (Å²) in [5, 5.41) is 17.7. The van der Waals surface area contributed by atoms with Crippen LogP contribution in [0.25, 0.3) is 0 Å². The topological polar surface area (TPSA) is 69.6 Å². The normalized spacial score (nSPS) is 20.2. The van der Waals surface area contributed by atoms with Crippen molar-refractivity contribution in [2.45, 2.75) is 33.2 Å². The fourth-order valence-corrected chi connectivity index (χ4v) is 2.65. The van der Waals surface area contributed by atoms with Crippen LogP contribution in [0.3, 0.4) is 0 Å². The van der Waals surface area contributed by atoms with Crippen LogP contribution in [0.1, 0.15) is 35.0 Å². The Bertz CT molecular complexity index is 518. The van der Waals surface area contributed by atoms with E-state index in [-0.39, 0.29) is 5.56 Å². The van der Waals surface area contributed by atoms with Crippen LogP contribution in [0.2, 0.25) is 0 Å². The molecule has 1 aromatic heterocycles. The first kappa shape index (κ1) is 14.7. The monoisotopic (exact) mass is 278 g/mol. The largest absolute Gasteiger partial charge is 0.478 e. The number of aromatic nitrogens is 2. The van der Waals surface area contributed by atoms with Crippen LogP contribution in [0.5, 0.6) is 0 Å². The Kier molecular flexibility index (Phi) is 4.23. The number of carboxylic acid groups (broad SMARTS) is 1. The predicted molar refractivity (Wildman–Crippen MR) is 77.4 cm³/mol. The number of hydrogen-bond acceptors (Lipinski definition) is 5. The number of aromatic carboxylic acids is 1. The second-order valence-corrected chi connectivity index (χ2v) is 5.40. The fourth-order valence-electron chi connectivity index (χ4n) is 2.65. The summed E-state index contributed by atoms with van der Waals surface area (Å²) in [4.78, 5) is 15.9. The van der Waals surface area contributed by atoms with Crippen molar-refractivity contribution >= 4 is 11.8 Å².